The lowest BCUT2D eigenvalue weighted by atomic mass is 10.1. The molecule has 2 amide bonds. The van der Waals surface area contributed by atoms with Gasteiger partial charge in [0.05, 0.1) is 4.92 Å². The number of nitrogens with one attached hydrogen (secondary N) is 1. The number of nitrogens with zero attached hydrogens (tertiary/aromatic N) is 2. The van der Waals surface area contributed by atoms with Crippen molar-refractivity contribution < 1.29 is 24.0 Å². The van der Waals surface area contributed by atoms with Gasteiger partial charge in [-0.05, 0) is 43.9 Å². The molecule has 1 aromatic carbocycles. The normalized spacial score (nSPS) is 14.4. The molecule has 1 aliphatic heterocycles. The van der Waals surface area contributed by atoms with Crippen LogP contribution in [0.5, 0.6) is 0 Å². The molecule has 0 spiro atoms. The van der Waals surface area contributed by atoms with E-state index in [1.165, 1.54) is 17.0 Å². The van der Waals surface area contributed by atoms with Crippen molar-refractivity contribution in [3.63, 3.8) is 0 Å². The minimum atomic E-state index is -0.685. The number of nitro groups is 1. The SMILES string of the molecule is Cc1cc(NC(=O)COC(=O)CN2CCCCCC2=O)c([N+](=O)[O-])cc1C. The van der Waals surface area contributed by atoms with Crippen LogP contribution in [-0.2, 0) is 19.1 Å². The highest BCUT2D eigenvalue weighted by Gasteiger charge is 2.21. The first-order chi connectivity index (χ1) is 12.8. The smallest absolute Gasteiger partial charge is 0.326 e. The highest BCUT2D eigenvalue weighted by Crippen LogP contribution is 2.27. The molecule has 2 rings (SSSR count). The molecule has 0 unspecified atom stereocenters. The van der Waals surface area contributed by atoms with E-state index in [4.69, 9.17) is 4.74 Å². The van der Waals surface area contributed by atoms with Gasteiger partial charge in [-0.2, -0.15) is 0 Å². The number of nitro benzene ring substituents is 1. The van der Waals surface area contributed by atoms with E-state index in [0.29, 0.717) is 13.0 Å². The Morgan fingerprint density at radius 2 is 1.93 bits per heavy atom. The molecule has 1 aromatic rings. The molecule has 1 N–H and O–H groups in total. The van der Waals surface area contributed by atoms with Gasteiger partial charge in [-0.1, -0.05) is 6.42 Å². The first-order valence-corrected chi connectivity index (χ1v) is 8.77. The molecular formula is C18H23N3O6. The van der Waals surface area contributed by atoms with Crippen LogP contribution in [0.25, 0.3) is 0 Å². The Bertz CT molecular complexity index is 762. The molecule has 27 heavy (non-hydrogen) atoms. The fourth-order valence-corrected chi connectivity index (χ4v) is 2.79. The van der Waals surface area contributed by atoms with Crippen molar-refractivity contribution in [1.29, 1.82) is 0 Å². The highest BCUT2D eigenvalue weighted by atomic mass is 16.6. The lowest BCUT2D eigenvalue weighted by Gasteiger charge is -2.19. The van der Waals surface area contributed by atoms with Gasteiger partial charge in [0.15, 0.2) is 6.61 Å². The van der Waals surface area contributed by atoms with Crippen LogP contribution >= 0.6 is 0 Å². The van der Waals surface area contributed by atoms with Crippen LogP contribution in [0.2, 0.25) is 0 Å². The zero-order valence-corrected chi connectivity index (χ0v) is 15.4. The number of ether oxygens (including phenoxy) is 1. The first-order valence-electron chi connectivity index (χ1n) is 8.77. The minimum absolute atomic E-state index is 0.0480. The van der Waals surface area contributed by atoms with Gasteiger partial charge >= 0.3 is 5.97 Å². The van der Waals surface area contributed by atoms with E-state index >= 15 is 0 Å². The van der Waals surface area contributed by atoms with Gasteiger partial charge in [0, 0.05) is 19.0 Å². The zero-order valence-electron chi connectivity index (χ0n) is 15.4. The summed E-state index contributed by atoms with van der Waals surface area (Å²) >= 11 is 0. The number of benzene rings is 1. The Morgan fingerprint density at radius 3 is 2.63 bits per heavy atom. The third-order valence-electron chi connectivity index (χ3n) is 4.44. The van der Waals surface area contributed by atoms with E-state index in [9.17, 15) is 24.5 Å². The highest BCUT2D eigenvalue weighted by molar-refractivity contribution is 5.95. The molecule has 9 heteroatoms. The van der Waals surface area contributed by atoms with E-state index in [0.717, 1.165) is 30.4 Å². The summed E-state index contributed by atoms with van der Waals surface area (Å²) in [5, 5.41) is 13.5. The van der Waals surface area contributed by atoms with Gasteiger partial charge in [0.2, 0.25) is 5.91 Å². The number of likely N-dealkylation sites (tertiary alicyclic amines) is 1. The van der Waals surface area contributed by atoms with Crippen molar-refractivity contribution in [2.75, 3.05) is 25.0 Å². The Labute approximate surface area is 156 Å². The van der Waals surface area contributed by atoms with Crippen LogP contribution < -0.4 is 5.32 Å². The lowest BCUT2D eigenvalue weighted by Crippen LogP contribution is -2.36. The van der Waals surface area contributed by atoms with E-state index in [2.05, 4.69) is 5.32 Å². The van der Waals surface area contributed by atoms with E-state index in [1.54, 1.807) is 13.8 Å². The maximum Gasteiger partial charge on any atom is 0.326 e. The summed E-state index contributed by atoms with van der Waals surface area (Å²) in [6.45, 7) is 3.22. The van der Waals surface area contributed by atoms with E-state index in [-0.39, 0.29) is 23.8 Å². The fraction of sp³-hybridized carbons (Fsp3) is 0.500. The quantitative estimate of drug-likeness (QED) is 0.461. The third kappa shape index (κ3) is 5.77. The molecule has 146 valence electrons. The van der Waals surface area contributed by atoms with Crippen LogP contribution in [0, 0.1) is 24.0 Å². The van der Waals surface area contributed by atoms with Crippen LogP contribution in [0.4, 0.5) is 11.4 Å². The Kier molecular flexibility index (Phi) is 6.86. The monoisotopic (exact) mass is 377 g/mol. The Balaban J connectivity index is 1.90. The molecule has 1 aliphatic rings. The van der Waals surface area contributed by atoms with Crippen LogP contribution in [0.15, 0.2) is 12.1 Å². The number of hydrogen-bond acceptors (Lipinski definition) is 6. The van der Waals surface area contributed by atoms with E-state index < -0.39 is 23.4 Å². The van der Waals surface area contributed by atoms with E-state index in [1.807, 2.05) is 0 Å². The molecule has 1 heterocycles. The molecule has 1 fully saturated rings. The van der Waals surface area contributed by atoms with Crippen molar-refractivity contribution in [2.45, 2.75) is 39.5 Å². The summed E-state index contributed by atoms with van der Waals surface area (Å²) in [5.41, 5.74) is 1.33. The van der Waals surface area contributed by atoms with Crippen molar-refractivity contribution in [1.82, 2.24) is 4.90 Å². The molecule has 0 radical (unpaired) electrons. The molecule has 0 atom stereocenters. The second kappa shape index (κ2) is 9.11. The van der Waals surface area contributed by atoms with Gasteiger partial charge < -0.3 is 15.0 Å². The lowest BCUT2D eigenvalue weighted by molar-refractivity contribution is -0.384. The summed E-state index contributed by atoms with van der Waals surface area (Å²) < 4.78 is 4.91. The predicted octanol–water partition coefficient (Wildman–Crippen LogP) is 2.10. The average molecular weight is 377 g/mol. The number of amides is 2. The molecule has 0 saturated carbocycles. The minimum Gasteiger partial charge on any atom is -0.454 e. The van der Waals surface area contributed by atoms with Crippen molar-refractivity contribution in [3.05, 3.63) is 33.4 Å². The first kappa shape index (κ1) is 20.3. The summed E-state index contributed by atoms with van der Waals surface area (Å²) in [7, 11) is 0. The number of carbonyl (C=O) groups is 3. The van der Waals surface area contributed by atoms with Crippen molar-refractivity contribution in [3.8, 4) is 0 Å². The maximum atomic E-state index is 12.0. The number of rotatable bonds is 6. The van der Waals surface area contributed by atoms with Gasteiger partial charge in [0.1, 0.15) is 12.2 Å². The molecule has 1 saturated heterocycles. The summed E-state index contributed by atoms with van der Waals surface area (Å²) in [6, 6.07) is 2.88. The van der Waals surface area contributed by atoms with Gasteiger partial charge in [0.25, 0.3) is 11.6 Å². The summed E-state index contributed by atoms with van der Waals surface area (Å²) in [6.07, 6.45) is 2.98. The predicted molar refractivity (Wildman–Crippen MR) is 97.2 cm³/mol. The average Bonchev–Trinajstić information content (AvgIpc) is 2.80. The van der Waals surface area contributed by atoms with Gasteiger partial charge in [-0.3, -0.25) is 24.5 Å². The topological polar surface area (TPSA) is 119 Å². The van der Waals surface area contributed by atoms with Crippen LogP contribution in [-0.4, -0.2) is 47.3 Å². The third-order valence-corrected chi connectivity index (χ3v) is 4.44. The number of carbonyl (C=O) groups excluding carboxylic acids is 3. The number of aryl methyl sites for hydroxylation is 2. The van der Waals surface area contributed by atoms with Crippen LogP contribution in [0.3, 0.4) is 0 Å². The Morgan fingerprint density at radius 1 is 1.22 bits per heavy atom. The van der Waals surface area contributed by atoms with Gasteiger partial charge in [-0.25, -0.2) is 0 Å². The molecule has 0 bridgehead atoms. The molecule has 0 aliphatic carbocycles. The summed E-state index contributed by atoms with van der Waals surface area (Å²) in [5.74, 6) is -1.47. The van der Waals surface area contributed by atoms with Crippen molar-refractivity contribution >= 4 is 29.2 Å². The van der Waals surface area contributed by atoms with Gasteiger partial charge in [-0.15, -0.1) is 0 Å². The maximum absolute atomic E-state index is 12.0. The summed E-state index contributed by atoms with van der Waals surface area (Å²) in [4.78, 5) is 47.8. The van der Waals surface area contributed by atoms with Crippen molar-refractivity contribution in [2.24, 2.45) is 0 Å². The second-order valence-corrected chi connectivity index (χ2v) is 6.55. The standard InChI is InChI=1S/C18H23N3O6/c1-12-8-14(15(21(25)26)9-13(12)2)19-16(22)11-27-18(24)10-20-7-5-3-4-6-17(20)23/h8-9H,3-7,10-11H2,1-2H3,(H,19,22). The Hall–Kier alpha value is -2.97. The molecular weight excluding hydrogens is 354 g/mol. The zero-order chi connectivity index (χ0) is 20.0. The second-order valence-electron chi connectivity index (χ2n) is 6.55. The fourth-order valence-electron chi connectivity index (χ4n) is 2.79. The number of anilines is 1. The van der Waals surface area contributed by atoms with Crippen LogP contribution in [0.1, 0.15) is 36.8 Å². The molecule has 9 nitrogen and oxygen atoms in total. The number of esters is 1. The molecule has 0 aromatic heterocycles. The largest absolute Gasteiger partial charge is 0.454 e. The number of hydrogen-bond donors (Lipinski definition) is 1.